The lowest BCUT2D eigenvalue weighted by molar-refractivity contribution is -0.117. The molecule has 1 fully saturated rings. The van der Waals surface area contributed by atoms with Crippen molar-refractivity contribution in [2.24, 2.45) is 0 Å². The van der Waals surface area contributed by atoms with E-state index in [0.717, 1.165) is 16.8 Å². The van der Waals surface area contributed by atoms with Gasteiger partial charge < -0.3 is 20.3 Å². The number of ether oxygens (including phenoxy) is 1. The summed E-state index contributed by atoms with van der Waals surface area (Å²) in [6, 6.07) is 10.6. The highest BCUT2D eigenvalue weighted by Gasteiger charge is 2.31. The minimum Gasteiger partial charge on any atom is -0.435 e. The molecule has 148 valence electrons. The topological polar surface area (TPSA) is 70.7 Å². The van der Waals surface area contributed by atoms with Gasteiger partial charge in [-0.3, -0.25) is 4.79 Å². The molecule has 0 radical (unpaired) electrons. The first-order chi connectivity index (χ1) is 13.3. The van der Waals surface area contributed by atoms with Gasteiger partial charge in [-0.2, -0.15) is 8.78 Å². The van der Waals surface area contributed by atoms with Crippen LogP contribution in [0.3, 0.4) is 0 Å². The zero-order valence-corrected chi connectivity index (χ0v) is 15.5. The first-order valence-electron chi connectivity index (χ1n) is 8.82. The molecule has 0 bridgehead atoms. The Morgan fingerprint density at radius 3 is 2.50 bits per heavy atom. The third kappa shape index (κ3) is 4.76. The van der Waals surface area contributed by atoms with Crippen molar-refractivity contribution in [1.29, 1.82) is 0 Å². The Morgan fingerprint density at radius 1 is 1.14 bits per heavy atom. The molecule has 1 saturated heterocycles. The maximum absolute atomic E-state index is 12.3. The molecule has 2 N–H and O–H groups in total. The number of nitrogens with one attached hydrogen (secondary N) is 2. The number of nitrogens with zero attached hydrogens (tertiary/aromatic N) is 1. The molecule has 6 nitrogen and oxygen atoms in total. The molecule has 3 amide bonds. The largest absolute Gasteiger partial charge is 0.435 e. The number of benzene rings is 2. The lowest BCUT2D eigenvalue weighted by atomic mass is 10.1. The minimum absolute atomic E-state index is 0.00591. The maximum Gasteiger partial charge on any atom is 0.387 e. The number of rotatable bonds is 5. The van der Waals surface area contributed by atoms with Crippen LogP contribution in [-0.2, 0) is 4.79 Å². The highest BCUT2D eigenvalue weighted by molar-refractivity contribution is 5.97. The standard InChI is InChI=1S/C20H21F2N3O3/c1-12-3-6-16(9-13(12)2)25-11-15(10-18(25)26)24-20(27)23-14-4-7-17(8-5-14)28-19(21)22/h3-9,15,19H,10-11H2,1-2H3,(H2,23,24,27). The van der Waals surface area contributed by atoms with Crippen LogP contribution in [0.1, 0.15) is 17.5 Å². The zero-order valence-electron chi connectivity index (χ0n) is 15.5. The van der Waals surface area contributed by atoms with Crippen LogP contribution in [0.4, 0.5) is 25.0 Å². The van der Waals surface area contributed by atoms with Crippen LogP contribution in [0.25, 0.3) is 0 Å². The summed E-state index contributed by atoms with van der Waals surface area (Å²) in [6.07, 6.45) is 0.210. The van der Waals surface area contributed by atoms with Crippen molar-refractivity contribution in [3.8, 4) is 5.75 Å². The molecule has 1 unspecified atom stereocenters. The average molecular weight is 389 g/mol. The second-order valence-electron chi connectivity index (χ2n) is 6.68. The molecule has 1 aliphatic heterocycles. The van der Waals surface area contributed by atoms with Crippen LogP contribution in [0.15, 0.2) is 42.5 Å². The van der Waals surface area contributed by atoms with E-state index in [9.17, 15) is 18.4 Å². The predicted octanol–water partition coefficient (Wildman–Crippen LogP) is 3.83. The summed E-state index contributed by atoms with van der Waals surface area (Å²) in [6.45, 7) is 1.48. The van der Waals surface area contributed by atoms with Gasteiger partial charge in [0.05, 0.1) is 6.04 Å². The van der Waals surface area contributed by atoms with Gasteiger partial charge >= 0.3 is 12.6 Å². The lowest BCUT2D eigenvalue weighted by Crippen LogP contribution is -2.39. The van der Waals surface area contributed by atoms with Crippen molar-refractivity contribution >= 4 is 23.3 Å². The van der Waals surface area contributed by atoms with Crippen molar-refractivity contribution in [3.63, 3.8) is 0 Å². The van der Waals surface area contributed by atoms with Crippen molar-refractivity contribution in [2.45, 2.75) is 32.9 Å². The van der Waals surface area contributed by atoms with E-state index < -0.39 is 12.6 Å². The van der Waals surface area contributed by atoms with Crippen LogP contribution < -0.4 is 20.3 Å². The SMILES string of the molecule is Cc1ccc(N2CC(NC(=O)Nc3ccc(OC(F)F)cc3)CC2=O)cc1C. The van der Waals surface area contributed by atoms with Gasteiger partial charge in [0.2, 0.25) is 5.91 Å². The number of halogens is 2. The van der Waals surface area contributed by atoms with Gasteiger partial charge in [-0.1, -0.05) is 6.07 Å². The summed E-state index contributed by atoms with van der Waals surface area (Å²) in [4.78, 5) is 26.2. The van der Waals surface area contributed by atoms with Crippen molar-refractivity contribution in [2.75, 3.05) is 16.8 Å². The maximum atomic E-state index is 12.3. The second-order valence-corrected chi connectivity index (χ2v) is 6.68. The number of amides is 3. The molecule has 2 aromatic rings. The van der Waals surface area contributed by atoms with Crippen LogP contribution >= 0.6 is 0 Å². The molecule has 0 saturated carbocycles. The smallest absolute Gasteiger partial charge is 0.387 e. The lowest BCUT2D eigenvalue weighted by Gasteiger charge is -2.18. The van der Waals surface area contributed by atoms with Crippen molar-refractivity contribution < 1.29 is 23.1 Å². The molecular formula is C20H21F2N3O3. The molecule has 0 spiro atoms. The number of aryl methyl sites for hydroxylation is 2. The molecule has 2 aromatic carbocycles. The van der Waals surface area contributed by atoms with E-state index >= 15 is 0 Å². The molecule has 28 heavy (non-hydrogen) atoms. The third-order valence-electron chi connectivity index (χ3n) is 4.60. The Balaban J connectivity index is 1.56. The van der Waals surface area contributed by atoms with E-state index in [4.69, 9.17) is 0 Å². The summed E-state index contributed by atoms with van der Waals surface area (Å²) in [5.41, 5.74) is 3.48. The van der Waals surface area contributed by atoms with E-state index in [1.807, 2.05) is 32.0 Å². The monoisotopic (exact) mass is 389 g/mol. The summed E-state index contributed by atoms with van der Waals surface area (Å²) in [5.74, 6) is -0.0477. The number of urea groups is 1. The Kier molecular flexibility index (Phi) is 5.77. The number of carbonyl (C=O) groups is 2. The van der Waals surface area contributed by atoms with Crippen LogP contribution in [-0.4, -0.2) is 31.1 Å². The van der Waals surface area contributed by atoms with E-state index in [2.05, 4.69) is 15.4 Å². The molecular weight excluding hydrogens is 368 g/mol. The number of hydrogen-bond acceptors (Lipinski definition) is 3. The van der Waals surface area contributed by atoms with E-state index in [1.165, 1.54) is 24.3 Å². The molecule has 1 aliphatic rings. The first-order valence-corrected chi connectivity index (χ1v) is 8.82. The van der Waals surface area contributed by atoms with Crippen molar-refractivity contribution in [1.82, 2.24) is 5.32 Å². The summed E-state index contributed by atoms with van der Waals surface area (Å²) in [5, 5.41) is 5.38. The van der Waals surface area contributed by atoms with Crippen LogP contribution in [0.5, 0.6) is 5.75 Å². The van der Waals surface area contributed by atoms with Gasteiger partial charge in [-0.15, -0.1) is 0 Å². The van der Waals surface area contributed by atoms with Gasteiger partial charge in [0.1, 0.15) is 5.75 Å². The zero-order chi connectivity index (χ0) is 20.3. The summed E-state index contributed by atoms with van der Waals surface area (Å²) in [7, 11) is 0. The fraction of sp³-hybridized carbons (Fsp3) is 0.300. The molecule has 1 atom stereocenters. The molecule has 8 heteroatoms. The van der Waals surface area contributed by atoms with Crippen molar-refractivity contribution in [3.05, 3.63) is 53.6 Å². The number of anilines is 2. The van der Waals surface area contributed by atoms with Crippen LogP contribution in [0.2, 0.25) is 0 Å². The molecule has 0 aromatic heterocycles. The van der Waals surface area contributed by atoms with E-state index in [0.29, 0.717) is 12.2 Å². The van der Waals surface area contributed by atoms with Gasteiger partial charge in [0, 0.05) is 24.3 Å². The van der Waals surface area contributed by atoms with Gasteiger partial charge in [-0.05, 0) is 61.4 Å². The minimum atomic E-state index is -2.90. The molecule has 1 heterocycles. The van der Waals surface area contributed by atoms with Gasteiger partial charge in [-0.25, -0.2) is 4.79 Å². The van der Waals surface area contributed by atoms with E-state index in [1.54, 1.807) is 4.90 Å². The highest BCUT2D eigenvalue weighted by Crippen LogP contribution is 2.24. The first kappa shape index (κ1) is 19.6. The third-order valence-corrected chi connectivity index (χ3v) is 4.60. The Bertz CT molecular complexity index is 871. The number of hydrogen-bond donors (Lipinski definition) is 2. The normalized spacial score (nSPS) is 16.4. The van der Waals surface area contributed by atoms with E-state index in [-0.39, 0.29) is 24.1 Å². The fourth-order valence-corrected chi connectivity index (χ4v) is 3.02. The second kappa shape index (κ2) is 8.24. The van der Waals surface area contributed by atoms with Crippen LogP contribution in [0, 0.1) is 13.8 Å². The summed E-state index contributed by atoms with van der Waals surface area (Å²) < 4.78 is 28.6. The van der Waals surface area contributed by atoms with Gasteiger partial charge in [0.15, 0.2) is 0 Å². The quantitative estimate of drug-likeness (QED) is 0.817. The highest BCUT2D eigenvalue weighted by atomic mass is 19.3. The fourth-order valence-electron chi connectivity index (χ4n) is 3.02. The average Bonchev–Trinajstić information content (AvgIpc) is 2.98. The predicted molar refractivity (Wildman–Crippen MR) is 102 cm³/mol. The Hall–Kier alpha value is -3.16. The molecule has 0 aliphatic carbocycles. The summed E-state index contributed by atoms with van der Waals surface area (Å²) >= 11 is 0. The Labute approximate surface area is 161 Å². The van der Waals surface area contributed by atoms with Gasteiger partial charge in [0.25, 0.3) is 0 Å². The number of alkyl halides is 2. The molecule has 3 rings (SSSR count). The Morgan fingerprint density at radius 2 is 1.86 bits per heavy atom. The number of carbonyl (C=O) groups excluding carboxylic acids is 2.